The maximum atomic E-state index is 13.7. The van der Waals surface area contributed by atoms with E-state index in [0.717, 1.165) is 38.9 Å². The van der Waals surface area contributed by atoms with Crippen molar-refractivity contribution in [2.24, 2.45) is 10.9 Å². The molecule has 3 amide bonds. The van der Waals surface area contributed by atoms with E-state index < -0.39 is 54.5 Å². The van der Waals surface area contributed by atoms with Crippen LogP contribution >= 0.6 is 0 Å². The van der Waals surface area contributed by atoms with E-state index >= 15 is 0 Å². The molecule has 62 heavy (non-hydrogen) atoms. The van der Waals surface area contributed by atoms with Crippen LogP contribution in [0.3, 0.4) is 0 Å². The topological polar surface area (TPSA) is 161 Å². The number of hydrogen-bond acceptors (Lipinski definition) is 9. The van der Waals surface area contributed by atoms with Gasteiger partial charge in [-0.2, -0.15) is 0 Å². The van der Waals surface area contributed by atoms with Crippen molar-refractivity contribution in [3.05, 3.63) is 167 Å². The first-order valence-corrected chi connectivity index (χ1v) is 21.3. The van der Waals surface area contributed by atoms with Crippen molar-refractivity contribution in [1.82, 2.24) is 16.0 Å². The first kappa shape index (κ1) is 45.0. The number of alkyl carbamates (subject to hydrolysis) is 1. The number of esters is 2. The molecule has 6 rings (SSSR count). The first-order chi connectivity index (χ1) is 30.0. The minimum absolute atomic E-state index is 0.0101. The summed E-state index contributed by atoms with van der Waals surface area (Å²) in [5.41, 5.74) is 6.63. The molecular weight excluding hydrogens is 852 g/mol. The molecule has 319 valence electrons. The summed E-state index contributed by atoms with van der Waals surface area (Å²) in [5.74, 6) is -2.97. The van der Waals surface area contributed by atoms with Crippen LogP contribution < -0.4 is 16.0 Å². The molecule has 3 atom stereocenters. The molecule has 0 saturated carbocycles. The molecule has 0 heterocycles. The molecule has 1 aliphatic rings. The number of rotatable bonds is 19. The Morgan fingerprint density at radius 1 is 0.629 bits per heavy atom. The molecule has 1 radical (unpaired) electrons. The Hall–Kier alpha value is -6.56. The van der Waals surface area contributed by atoms with E-state index in [4.69, 9.17) is 14.2 Å². The molecule has 0 fully saturated rings. The Labute approximate surface area is 369 Å². The van der Waals surface area contributed by atoms with E-state index in [9.17, 15) is 24.0 Å². The molecule has 3 N–H and O–H groups in total. The SMILES string of the molecule is CC(C)[C@H](N=C([Se])[C@H](CC(=O)OCc1ccccc1)NC(=O)CNC(=O)[C@H](Cc1ccccc1)NC(=O)OCC1c2ccccc2-c2ccccc21)C(=O)OCc1ccccc1. The number of ether oxygens (including phenoxy) is 3. The number of fused-ring (bicyclic) bond motifs is 3. The molecule has 5 aromatic rings. The molecule has 1 aliphatic carbocycles. The van der Waals surface area contributed by atoms with Gasteiger partial charge in [-0.15, -0.1) is 0 Å². The molecule has 0 aliphatic heterocycles. The van der Waals surface area contributed by atoms with Crippen LogP contribution in [0.15, 0.2) is 145 Å². The molecule has 0 spiro atoms. The van der Waals surface area contributed by atoms with E-state index in [1.165, 1.54) is 0 Å². The monoisotopic (exact) mass is 901 g/mol. The predicted octanol–water partition coefficient (Wildman–Crippen LogP) is 6.21. The molecule has 0 aromatic heterocycles. The van der Waals surface area contributed by atoms with Crippen LogP contribution in [0.5, 0.6) is 0 Å². The van der Waals surface area contributed by atoms with Gasteiger partial charge in [0.05, 0.1) is 0 Å². The molecule has 0 saturated heterocycles. The van der Waals surface area contributed by atoms with Crippen molar-refractivity contribution in [3.63, 3.8) is 0 Å². The van der Waals surface area contributed by atoms with Crippen LogP contribution in [0.2, 0.25) is 0 Å². The minimum atomic E-state index is -1.10. The Bertz CT molecular complexity index is 2300. The zero-order valence-corrected chi connectivity index (χ0v) is 36.2. The van der Waals surface area contributed by atoms with Crippen molar-refractivity contribution in [2.45, 2.75) is 63.9 Å². The van der Waals surface area contributed by atoms with Crippen LogP contribution in [-0.4, -0.2) is 81.7 Å². The second-order valence-electron chi connectivity index (χ2n) is 15.2. The second kappa shape index (κ2) is 22.3. The Morgan fingerprint density at radius 2 is 1.15 bits per heavy atom. The van der Waals surface area contributed by atoms with Gasteiger partial charge in [0, 0.05) is 5.92 Å². The maximum absolute atomic E-state index is 13.7. The van der Waals surface area contributed by atoms with Gasteiger partial charge in [-0.05, 0) is 22.3 Å². The third-order valence-electron chi connectivity index (χ3n) is 10.3. The first-order valence-electron chi connectivity index (χ1n) is 20.4. The summed E-state index contributed by atoms with van der Waals surface area (Å²) in [6.45, 7) is 3.23. The number of benzene rings is 5. The van der Waals surface area contributed by atoms with Gasteiger partial charge in [0.1, 0.15) is 0 Å². The number of nitrogens with one attached hydrogen (secondary N) is 3. The summed E-state index contributed by atoms with van der Waals surface area (Å²) in [7, 11) is 0. The number of hydrogen-bond donors (Lipinski definition) is 3. The van der Waals surface area contributed by atoms with E-state index in [1.54, 1.807) is 0 Å². The molecule has 0 unspecified atom stereocenters. The molecular formula is C49H49N4O8Se. The average Bonchev–Trinajstić information content (AvgIpc) is 3.61. The standard InChI is InChI=1S/C49H49N4O8Se/c1-32(2)45(48(57)60-30-35-20-10-5-11-21-35)53-47(62)42(27-44(55)59-29-34-18-8-4-9-19-34)51-43(54)28-50-46(56)41(26-33-16-6-3-7-17-33)52-49(58)61-31-40-38-24-14-12-22-36(38)37-23-13-15-25-39(37)40/h3-25,32,40-42,45H,26-31H2,1-2H3,(H,50,56)(H,51,54)(H,52,58)/t41-,42-,45-/m0/s1. The Kier molecular flexibility index (Phi) is 16.2. The van der Waals surface area contributed by atoms with Gasteiger partial charge in [-0.3, -0.25) is 0 Å². The number of nitrogens with zero attached hydrogens (tertiary/aromatic N) is 1. The summed E-state index contributed by atoms with van der Waals surface area (Å²) in [6, 6.07) is 40.4. The Balaban J connectivity index is 1.11. The van der Waals surface area contributed by atoms with Crippen molar-refractivity contribution in [3.8, 4) is 11.1 Å². The van der Waals surface area contributed by atoms with E-state index in [2.05, 4.69) is 37.0 Å². The summed E-state index contributed by atoms with van der Waals surface area (Å²) in [6.07, 6.45) is -1.00. The van der Waals surface area contributed by atoms with Crippen LogP contribution in [0.1, 0.15) is 54.0 Å². The van der Waals surface area contributed by atoms with Crippen LogP contribution in [0, 0.1) is 5.92 Å². The third-order valence-corrected chi connectivity index (χ3v) is 11.1. The van der Waals surface area contributed by atoms with Crippen molar-refractivity contribution < 1.29 is 38.2 Å². The van der Waals surface area contributed by atoms with Crippen molar-refractivity contribution in [2.75, 3.05) is 13.2 Å². The molecule has 13 heteroatoms. The fraction of sp³-hybridized carbons (Fsp3) is 0.265. The normalized spacial score (nSPS) is 13.4. The molecule has 12 nitrogen and oxygen atoms in total. The summed E-state index contributed by atoms with van der Waals surface area (Å²) >= 11 is 2.82. The number of carbonyl (C=O) groups is 5. The van der Waals surface area contributed by atoms with E-state index in [1.807, 2.05) is 153 Å². The summed E-state index contributed by atoms with van der Waals surface area (Å²) in [4.78, 5) is 71.6. The summed E-state index contributed by atoms with van der Waals surface area (Å²) < 4.78 is 17.0. The number of amides is 3. The van der Waals surface area contributed by atoms with Crippen molar-refractivity contribution >= 4 is 50.5 Å². The molecule has 0 bridgehead atoms. The van der Waals surface area contributed by atoms with E-state index in [0.29, 0.717) is 0 Å². The fourth-order valence-corrected chi connectivity index (χ4v) is 7.59. The quantitative estimate of drug-likeness (QED) is 0.0382. The zero-order valence-electron chi connectivity index (χ0n) is 34.5. The van der Waals surface area contributed by atoms with Crippen LogP contribution in [0.4, 0.5) is 4.79 Å². The van der Waals surface area contributed by atoms with Gasteiger partial charge in [0.15, 0.2) is 0 Å². The molecule has 5 aromatic carbocycles. The number of carbonyl (C=O) groups excluding carboxylic acids is 5. The summed E-state index contributed by atoms with van der Waals surface area (Å²) in [5, 5.41) is 8.09. The van der Waals surface area contributed by atoms with E-state index in [-0.39, 0.29) is 49.1 Å². The van der Waals surface area contributed by atoms with Crippen LogP contribution in [-0.2, 0) is 53.0 Å². The Morgan fingerprint density at radius 3 is 1.71 bits per heavy atom. The van der Waals surface area contributed by atoms with Crippen LogP contribution in [0.25, 0.3) is 11.1 Å². The third kappa shape index (κ3) is 12.7. The second-order valence-corrected chi connectivity index (χ2v) is 16.0. The van der Waals surface area contributed by atoms with Gasteiger partial charge in [-0.1, -0.05) is 54.6 Å². The van der Waals surface area contributed by atoms with Gasteiger partial charge in [0.2, 0.25) is 0 Å². The predicted molar refractivity (Wildman–Crippen MR) is 236 cm³/mol. The van der Waals surface area contributed by atoms with Gasteiger partial charge in [-0.25, -0.2) is 0 Å². The van der Waals surface area contributed by atoms with Gasteiger partial charge >= 0.3 is 288 Å². The fourth-order valence-electron chi connectivity index (χ4n) is 7.06. The average molecular weight is 901 g/mol. The van der Waals surface area contributed by atoms with Gasteiger partial charge in [0.25, 0.3) is 0 Å². The number of aliphatic imine (C=N–C) groups is 1. The van der Waals surface area contributed by atoms with Crippen molar-refractivity contribution in [1.29, 1.82) is 0 Å². The zero-order chi connectivity index (χ0) is 43.8. The van der Waals surface area contributed by atoms with Gasteiger partial charge < -0.3 is 0 Å².